The lowest BCUT2D eigenvalue weighted by Crippen LogP contribution is -2.08. The number of allylic oxidation sites excluding steroid dienone is 3. The lowest BCUT2D eigenvalue weighted by Gasteiger charge is -2.13. The van der Waals surface area contributed by atoms with Crippen molar-refractivity contribution in [3.63, 3.8) is 0 Å². The predicted octanol–water partition coefficient (Wildman–Crippen LogP) is 1.26. The average Bonchev–Trinajstić information content (AvgIpc) is 2.16. The molecule has 1 radical (unpaired) electrons. The molecule has 5 nitrogen and oxygen atoms in total. The highest BCUT2D eigenvalue weighted by atomic mass is 16.6. The van der Waals surface area contributed by atoms with Gasteiger partial charge in [-0.1, -0.05) is 0 Å². The largest absolute Gasteiger partial charge is 0.497 e. The van der Waals surface area contributed by atoms with Crippen molar-refractivity contribution in [1.29, 1.82) is 0 Å². The molecule has 0 aliphatic heterocycles. The Bertz CT molecular complexity index is 280. The molecule has 1 aliphatic rings. The van der Waals surface area contributed by atoms with Crippen LogP contribution in [0.5, 0.6) is 0 Å². The van der Waals surface area contributed by atoms with E-state index in [1.165, 1.54) is 26.7 Å². The SMILES string of the molecule is COC1=C(OC)C[CH]C([N+](=O)[O-])=C1. The van der Waals surface area contributed by atoms with Crippen LogP contribution in [-0.4, -0.2) is 19.1 Å². The van der Waals surface area contributed by atoms with Crippen molar-refractivity contribution in [2.24, 2.45) is 0 Å². The molecule has 0 fully saturated rings. The Morgan fingerprint density at radius 1 is 1.46 bits per heavy atom. The van der Waals surface area contributed by atoms with Crippen LogP contribution in [0.25, 0.3) is 0 Å². The molecule has 1 rings (SSSR count). The van der Waals surface area contributed by atoms with Crippen molar-refractivity contribution >= 4 is 0 Å². The van der Waals surface area contributed by atoms with Crippen LogP contribution in [0.2, 0.25) is 0 Å². The van der Waals surface area contributed by atoms with Crippen molar-refractivity contribution in [1.82, 2.24) is 0 Å². The minimum Gasteiger partial charge on any atom is -0.497 e. The zero-order chi connectivity index (χ0) is 9.84. The second-order valence-corrected chi connectivity index (χ2v) is 2.43. The molecule has 1 aliphatic carbocycles. The van der Waals surface area contributed by atoms with E-state index >= 15 is 0 Å². The normalized spacial score (nSPS) is 16.6. The van der Waals surface area contributed by atoms with Crippen LogP contribution < -0.4 is 0 Å². The maximum Gasteiger partial charge on any atom is 0.254 e. The first-order chi connectivity index (χ1) is 6.19. The Morgan fingerprint density at radius 2 is 2.15 bits per heavy atom. The molecule has 0 aromatic rings. The van der Waals surface area contributed by atoms with E-state index < -0.39 is 4.92 Å². The molecule has 13 heavy (non-hydrogen) atoms. The summed E-state index contributed by atoms with van der Waals surface area (Å²) in [5.74, 6) is 1.02. The standard InChI is InChI=1S/C8H10NO4/c1-12-7-4-3-6(9(10)11)5-8(7)13-2/h3,5H,4H2,1-2H3. The smallest absolute Gasteiger partial charge is 0.254 e. The Kier molecular flexibility index (Phi) is 2.89. The summed E-state index contributed by atoms with van der Waals surface area (Å²) in [7, 11) is 2.96. The van der Waals surface area contributed by atoms with Gasteiger partial charge < -0.3 is 9.47 Å². The van der Waals surface area contributed by atoms with Crippen LogP contribution in [-0.2, 0) is 9.47 Å². The van der Waals surface area contributed by atoms with E-state index in [9.17, 15) is 10.1 Å². The fourth-order valence-electron chi connectivity index (χ4n) is 1.06. The molecule has 0 spiro atoms. The van der Waals surface area contributed by atoms with Crippen molar-refractivity contribution in [3.05, 3.63) is 39.8 Å². The molecule has 0 unspecified atom stereocenters. The van der Waals surface area contributed by atoms with Gasteiger partial charge in [0.15, 0.2) is 5.76 Å². The summed E-state index contributed by atoms with van der Waals surface area (Å²) in [5, 5.41) is 10.4. The molecule has 0 aromatic carbocycles. The van der Waals surface area contributed by atoms with E-state index in [0.717, 1.165) is 0 Å². The van der Waals surface area contributed by atoms with Gasteiger partial charge in [-0.25, -0.2) is 0 Å². The fraction of sp³-hybridized carbons (Fsp3) is 0.375. The number of hydrogen-bond acceptors (Lipinski definition) is 4. The van der Waals surface area contributed by atoms with Gasteiger partial charge in [-0.15, -0.1) is 0 Å². The molecule has 71 valence electrons. The third kappa shape index (κ3) is 1.99. The molecule has 0 saturated carbocycles. The van der Waals surface area contributed by atoms with Gasteiger partial charge in [0.1, 0.15) is 5.76 Å². The van der Waals surface area contributed by atoms with E-state index in [1.807, 2.05) is 0 Å². The van der Waals surface area contributed by atoms with Gasteiger partial charge in [-0.3, -0.25) is 10.1 Å². The van der Waals surface area contributed by atoms with Crippen LogP contribution >= 0.6 is 0 Å². The van der Waals surface area contributed by atoms with E-state index in [0.29, 0.717) is 17.9 Å². The molecule has 5 heteroatoms. The second kappa shape index (κ2) is 3.93. The molecular formula is C8H10NO4. The third-order valence-electron chi connectivity index (χ3n) is 1.73. The summed E-state index contributed by atoms with van der Waals surface area (Å²) in [6, 6.07) is 0. The maximum absolute atomic E-state index is 10.4. The molecule has 0 aromatic heterocycles. The van der Waals surface area contributed by atoms with Crippen LogP contribution in [0, 0.1) is 16.5 Å². The number of methoxy groups -OCH3 is 2. The van der Waals surface area contributed by atoms with Gasteiger partial charge in [-0.2, -0.15) is 0 Å². The highest BCUT2D eigenvalue weighted by Gasteiger charge is 2.21. The zero-order valence-electron chi connectivity index (χ0n) is 7.44. The fourth-order valence-corrected chi connectivity index (χ4v) is 1.06. The zero-order valence-corrected chi connectivity index (χ0v) is 7.44. The lowest BCUT2D eigenvalue weighted by atomic mass is 10.1. The average molecular weight is 184 g/mol. The van der Waals surface area contributed by atoms with E-state index in [-0.39, 0.29) is 5.70 Å². The van der Waals surface area contributed by atoms with Gasteiger partial charge in [0, 0.05) is 6.42 Å². The molecule has 0 bridgehead atoms. The second-order valence-electron chi connectivity index (χ2n) is 2.43. The van der Waals surface area contributed by atoms with Crippen LogP contribution in [0.1, 0.15) is 6.42 Å². The monoisotopic (exact) mass is 184 g/mol. The summed E-state index contributed by atoms with van der Waals surface area (Å²) in [4.78, 5) is 9.94. The van der Waals surface area contributed by atoms with Gasteiger partial charge in [-0.05, 0) is 0 Å². The Labute approximate surface area is 75.8 Å². The van der Waals surface area contributed by atoms with Gasteiger partial charge in [0.05, 0.1) is 31.6 Å². The highest BCUT2D eigenvalue weighted by molar-refractivity contribution is 5.29. The van der Waals surface area contributed by atoms with Gasteiger partial charge >= 0.3 is 0 Å². The number of ether oxygens (including phenoxy) is 2. The van der Waals surface area contributed by atoms with E-state index in [4.69, 9.17) is 9.47 Å². The van der Waals surface area contributed by atoms with Gasteiger partial charge in [0.25, 0.3) is 5.70 Å². The lowest BCUT2D eigenvalue weighted by molar-refractivity contribution is -0.422. The maximum atomic E-state index is 10.4. The number of nitrogens with zero attached hydrogens (tertiary/aromatic N) is 1. The Balaban J connectivity index is 2.93. The summed E-state index contributed by atoms with van der Waals surface area (Å²) in [6.07, 6.45) is 3.23. The topological polar surface area (TPSA) is 61.6 Å². The van der Waals surface area contributed by atoms with Crippen LogP contribution in [0.15, 0.2) is 23.3 Å². The Morgan fingerprint density at radius 3 is 2.62 bits per heavy atom. The summed E-state index contributed by atoms with van der Waals surface area (Å²) in [5.41, 5.74) is 0.0395. The third-order valence-corrected chi connectivity index (χ3v) is 1.73. The van der Waals surface area contributed by atoms with E-state index in [1.54, 1.807) is 0 Å². The molecule has 0 amide bonds. The van der Waals surface area contributed by atoms with Crippen molar-refractivity contribution < 1.29 is 14.4 Å². The molecule has 0 atom stereocenters. The molecule has 0 saturated heterocycles. The first-order valence-electron chi connectivity index (χ1n) is 3.69. The minimum atomic E-state index is -0.453. The van der Waals surface area contributed by atoms with Crippen molar-refractivity contribution in [2.75, 3.05) is 14.2 Å². The highest BCUT2D eigenvalue weighted by Crippen LogP contribution is 2.23. The van der Waals surface area contributed by atoms with Crippen LogP contribution in [0.3, 0.4) is 0 Å². The summed E-state index contributed by atoms with van der Waals surface area (Å²) >= 11 is 0. The molecule has 0 N–H and O–H groups in total. The molecule has 0 heterocycles. The molecular weight excluding hydrogens is 174 g/mol. The first-order valence-corrected chi connectivity index (χ1v) is 3.69. The van der Waals surface area contributed by atoms with E-state index in [2.05, 4.69) is 0 Å². The minimum absolute atomic E-state index is 0.0395. The first kappa shape index (κ1) is 9.57. The Hall–Kier alpha value is -1.52. The quantitative estimate of drug-likeness (QED) is 0.489. The summed E-state index contributed by atoms with van der Waals surface area (Å²) < 4.78 is 9.91. The van der Waals surface area contributed by atoms with Crippen molar-refractivity contribution in [3.8, 4) is 0 Å². The predicted molar refractivity (Wildman–Crippen MR) is 45.0 cm³/mol. The van der Waals surface area contributed by atoms with Crippen LogP contribution in [0.4, 0.5) is 0 Å². The number of hydrogen-bond donors (Lipinski definition) is 0. The van der Waals surface area contributed by atoms with Crippen molar-refractivity contribution in [2.45, 2.75) is 6.42 Å². The number of rotatable bonds is 3. The van der Waals surface area contributed by atoms with Gasteiger partial charge in [0.2, 0.25) is 0 Å². The number of nitro groups is 1. The summed E-state index contributed by atoms with van der Waals surface area (Å²) in [6.45, 7) is 0.